The van der Waals surface area contributed by atoms with Gasteiger partial charge in [-0.25, -0.2) is 13.1 Å². The molecule has 0 aliphatic rings. The first kappa shape index (κ1) is 20.3. The van der Waals surface area contributed by atoms with Gasteiger partial charge in [0.2, 0.25) is 10.0 Å². The van der Waals surface area contributed by atoms with Crippen LogP contribution >= 0.6 is 0 Å². The van der Waals surface area contributed by atoms with Gasteiger partial charge in [0.1, 0.15) is 5.75 Å². The van der Waals surface area contributed by atoms with E-state index in [1.54, 1.807) is 43.8 Å². The average Bonchev–Trinajstić information content (AvgIpc) is 2.71. The molecule has 0 radical (unpaired) electrons. The van der Waals surface area contributed by atoms with Crippen molar-refractivity contribution in [3.05, 3.63) is 66.5 Å². The summed E-state index contributed by atoms with van der Waals surface area (Å²) in [5.74, 6) is 0.838. The Hall–Kier alpha value is -2.48. The van der Waals surface area contributed by atoms with Gasteiger partial charge in [0.05, 0.1) is 12.0 Å². The van der Waals surface area contributed by atoms with E-state index in [2.05, 4.69) is 15.0 Å². The molecule has 6 nitrogen and oxygen atoms in total. The van der Waals surface area contributed by atoms with Gasteiger partial charge in [-0.05, 0) is 61.2 Å². The molecular formula is C21H25N3O3S. The van der Waals surface area contributed by atoms with Crippen LogP contribution < -0.4 is 14.8 Å². The summed E-state index contributed by atoms with van der Waals surface area (Å²) in [5, 5.41) is 5.06. The Kier molecular flexibility index (Phi) is 6.61. The second kappa shape index (κ2) is 9.14. The van der Waals surface area contributed by atoms with Crippen molar-refractivity contribution in [2.45, 2.75) is 24.3 Å². The van der Waals surface area contributed by atoms with Gasteiger partial charge < -0.3 is 10.1 Å². The number of methoxy groups -OCH3 is 1. The van der Waals surface area contributed by atoms with Gasteiger partial charge in [0.15, 0.2) is 0 Å². The summed E-state index contributed by atoms with van der Waals surface area (Å²) >= 11 is 0. The molecule has 2 N–H and O–H groups in total. The lowest BCUT2D eigenvalue weighted by atomic mass is 10.1. The molecule has 3 rings (SSSR count). The lowest BCUT2D eigenvalue weighted by Gasteiger charge is -2.15. The van der Waals surface area contributed by atoms with E-state index < -0.39 is 10.0 Å². The normalized spacial score (nSPS) is 12.8. The van der Waals surface area contributed by atoms with E-state index in [0.29, 0.717) is 6.54 Å². The molecule has 0 amide bonds. The SMILES string of the molecule is COc1ccc(CCNC[C@@H](C)NS(=O)(=O)c2ccc3cnccc3c2)cc1. The number of nitrogens with one attached hydrogen (secondary N) is 2. The van der Waals surface area contributed by atoms with E-state index in [1.807, 2.05) is 31.2 Å². The minimum absolute atomic E-state index is 0.228. The van der Waals surface area contributed by atoms with Gasteiger partial charge in [-0.3, -0.25) is 4.98 Å². The average molecular weight is 400 g/mol. The molecule has 0 bridgehead atoms. The Morgan fingerprint density at radius 3 is 2.61 bits per heavy atom. The third-order valence-electron chi connectivity index (χ3n) is 4.48. The summed E-state index contributed by atoms with van der Waals surface area (Å²) in [6, 6.07) is 14.6. The maximum absolute atomic E-state index is 12.6. The maximum Gasteiger partial charge on any atom is 0.240 e. The monoisotopic (exact) mass is 399 g/mol. The number of pyridine rings is 1. The van der Waals surface area contributed by atoms with Crippen molar-refractivity contribution in [1.82, 2.24) is 15.0 Å². The fourth-order valence-electron chi connectivity index (χ4n) is 2.95. The number of nitrogens with zero attached hydrogens (tertiary/aromatic N) is 1. The molecule has 0 unspecified atom stereocenters. The third-order valence-corrected chi connectivity index (χ3v) is 6.07. The summed E-state index contributed by atoms with van der Waals surface area (Å²) in [5.41, 5.74) is 1.20. The Balaban J connectivity index is 1.50. The number of rotatable bonds is 9. The van der Waals surface area contributed by atoms with Gasteiger partial charge in [-0.2, -0.15) is 0 Å². The number of hydrogen-bond acceptors (Lipinski definition) is 5. The van der Waals surface area contributed by atoms with Crippen LogP contribution in [0.25, 0.3) is 10.8 Å². The highest BCUT2D eigenvalue weighted by Crippen LogP contribution is 2.18. The lowest BCUT2D eigenvalue weighted by Crippen LogP contribution is -2.40. The molecule has 0 aliphatic carbocycles. The zero-order valence-corrected chi connectivity index (χ0v) is 16.9. The molecule has 0 saturated carbocycles. The van der Waals surface area contributed by atoms with Crippen LogP contribution in [0.1, 0.15) is 12.5 Å². The third kappa shape index (κ3) is 5.28. The van der Waals surface area contributed by atoms with Crippen LogP contribution in [0.15, 0.2) is 65.8 Å². The summed E-state index contributed by atoms with van der Waals surface area (Å²) < 4.78 is 33.1. The molecule has 0 saturated heterocycles. The number of ether oxygens (including phenoxy) is 1. The van der Waals surface area contributed by atoms with Crippen molar-refractivity contribution in [2.24, 2.45) is 0 Å². The largest absolute Gasteiger partial charge is 0.497 e. The van der Waals surface area contributed by atoms with Crippen LogP contribution in [0.2, 0.25) is 0 Å². The van der Waals surface area contributed by atoms with E-state index in [9.17, 15) is 8.42 Å². The van der Waals surface area contributed by atoms with Crippen molar-refractivity contribution in [3.8, 4) is 5.75 Å². The maximum atomic E-state index is 12.6. The lowest BCUT2D eigenvalue weighted by molar-refractivity contribution is 0.414. The standard InChI is InChI=1S/C21H25N3O3S/c1-16(14-22-11-9-17-3-6-20(27-2)7-4-17)24-28(25,26)21-8-5-19-15-23-12-10-18(19)13-21/h3-8,10,12-13,15-16,22,24H,9,11,14H2,1-2H3/t16-/m1/s1. The van der Waals surface area contributed by atoms with Gasteiger partial charge in [-0.1, -0.05) is 18.2 Å². The molecule has 148 valence electrons. The fraction of sp³-hybridized carbons (Fsp3) is 0.286. The number of benzene rings is 2. The number of fused-ring (bicyclic) bond motifs is 1. The van der Waals surface area contributed by atoms with E-state index in [4.69, 9.17) is 4.74 Å². The van der Waals surface area contributed by atoms with Crippen molar-refractivity contribution >= 4 is 20.8 Å². The second-order valence-corrected chi connectivity index (χ2v) is 8.42. The molecular weight excluding hydrogens is 374 g/mol. The fourth-order valence-corrected chi connectivity index (χ4v) is 4.23. The number of aromatic nitrogens is 1. The van der Waals surface area contributed by atoms with Gasteiger partial charge in [-0.15, -0.1) is 0 Å². The minimum atomic E-state index is -3.57. The Morgan fingerprint density at radius 2 is 1.86 bits per heavy atom. The summed E-state index contributed by atoms with van der Waals surface area (Å²) in [6.07, 6.45) is 4.23. The van der Waals surface area contributed by atoms with Crippen LogP contribution in [0.4, 0.5) is 0 Å². The van der Waals surface area contributed by atoms with Gasteiger partial charge >= 0.3 is 0 Å². The first-order valence-electron chi connectivity index (χ1n) is 9.18. The quantitative estimate of drug-likeness (QED) is 0.541. The number of hydrogen-bond donors (Lipinski definition) is 2. The molecule has 0 aliphatic heterocycles. The Labute approximate surface area is 166 Å². The Morgan fingerprint density at radius 1 is 1.07 bits per heavy atom. The summed E-state index contributed by atoms with van der Waals surface area (Å²) in [4.78, 5) is 4.31. The molecule has 0 spiro atoms. The smallest absolute Gasteiger partial charge is 0.240 e. The first-order valence-corrected chi connectivity index (χ1v) is 10.7. The highest BCUT2D eigenvalue weighted by Gasteiger charge is 2.17. The minimum Gasteiger partial charge on any atom is -0.497 e. The molecule has 2 aromatic carbocycles. The van der Waals surface area contributed by atoms with Crippen LogP contribution in [-0.2, 0) is 16.4 Å². The summed E-state index contributed by atoms with van der Waals surface area (Å²) in [6.45, 7) is 3.16. The predicted molar refractivity (Wildman–Crippen MR) is 111 cm³/mol. The van der Waals surface area contributed by atoms with Crippen molar-refractivity contribution in [3.63, 3.8) is 0 Å². The molecule has 28 heavy (non-hydrogen) atoms. The van der Waals surface area contributed by atoms with Crippen molar-refractivity contribution < 1.29 is 13.2 Å². The zero-order valence-electron chi connectivity index (χ0n) is 16.1. The van der Waals surface area contributed by atoms with Crippen LogP contribution in [-0.4, -0.2) is 39.6 Å². The topological polar surface area (TPSA) is 80.3 Å². The second-order valence-electron chi connectivity index (χ2n) is 6.71. The highest BCUT2D eigenvalue weighted by atomic mass is 32.2. The van der Waals surface area contributed by atoms with Crippen LogP contribution in [0, 0.1) is 0 Å². The van der Waals surface area contributed by atoms with Gasteiger partial charge in [0.25, 0.3) is 0 Å². The molecule has 0 fully saturated rings. The molecule has 1 heterocycles. The molecule has 3 aromatic rings. The predicted octanol–water partition coefficient (Wildman–Crippen LogP) is 2.74. The van der Waals surface area contributed by atoms with E-state index >= 15 is 0 Å². The number of sulfonamides is 1. The highest BCUT2D eigenvalue weighted by molar-refractivity contribution is 7.89. The van der Waals surface area contributed by atoms with E-state index in [-0.39, 0.29) is 10.9 Å². The van der Waals surface area contributed by atoms with Gasteiger partial charge in [0, 0.05) is 30.4 Å². The van der Waals surface area contributed by atoms with E-state index in [1.165, 1.54) is 5.56 Å². The first-order chi connectivity index (χ1) is 13.5. The molecule has 1 aromatic heterocycles. The van der Waals surface area contributed by atoms with Crippen LogP contribution in [0.5, 0.6) is 5.75 Å². The van der Waals surface area contributed by atoms with E-state index in [0.717, 1.165) is 29.5 Å². The Bertz CT molecular complexity index is 1020. The van der Waals surface area contributed by atoms with Crippen LogP contribution in [0.3, 0.4) is 0 Å². The van der Waals surface area contributed by atoms with Crippen molar-refractivity contribution in [2.75, 3.05) is 20.2 Å². The molecule has 7 heteroatoms. The zero-order chi connectivity index (χ0) is 20.0. The molecule has 1 atom stereocenters. The summed E-state index contributed by atoms with van der Waals surface area (Å²) in [7, 11) is -1.93. The van der Waals surface area contributed by atoms with Crippen molar-refractivity contribution in [1.29, 1.82) is 0 Å².